The first kappa shape index (κ1) is 19.7. The lowest BCUT2D eigenvalue weighted by Crippen LogP contribution is -2.31. The molecule has 0 bridgehead atoms. The molecule has 8 nitrogen and oxygen atoms in total. The fraction of sp³-hybridized carbons (Fsp3) is 0.316. The van der Waals surface area contributed by atoms with Crippen LogP contribution in [0, 0.1) is 5.92 Å². The van der Waals surface area contributed by atoms with Crippen LogP contribution in [0.25, 0.3) is 0 Å². The van der Waals surface area contributed by atoms with Gasteiger partial charge >= 0.3 is 5.97 Å². The minimum atomic E-state index is -0.541. The van der Waals surface area contributed by atoms with Gasteiger partial charge in [0.05, 0.1) is 24.4 Å². The van der Waals surface area contributed by atoms with Crippen molar-refractivity contribution in [3.63, 3.8) is 0 Å². The van der Waals surface area contributed by atoms with E-state index in [9.17, 15) is 19.2 Å². The van der Waals surface area contributed by atoms with Crippen molar-refractivity contribution in [2.75, 3.05) is 19.0 Å². The zero-order valence-electron chi connectivity index (χ0n) is 15.6. The first-order valence-electron chi connectivity index (χ1n) is 8.67. The molecule has 28 heavy (non-hydrogen) atoms. The molecule has 0 spiro atoms. The standard InChI is InChI=1S/C19H19N3O5S/c1-10(2)6-7-22-16(24)12-5-4-11(8-13(12)17(22)25)15(23)21-19-20-9-14(28-19)18(26)27-3/h4-5,8-10H,6-7H2,1-3H3,(H,20,21,23). The Labute approximate surface area is 165 Å². The highest BCUT2D eigenvalue weighted by molar-refractivity contribution is 7.17. The number of benzene rings is 1. The van der Waals surface area contributed by atoms with Gasteiger partial charge in [-0.3, -0.25) is 24.6 Å². The van der Waals surface area contributed by atoms with Crippen molar-refractivity contribution >= 4 is 40.2 Å². The molecule has 3 rings (SSSR count). The summed E-state index contributed by atoms with van der Waals surface area (Å²) in [6, 6.07) is 4.39. The minimum absolute atomic E-state index is 0.218. The van der Waals surface area contributed by atoms with Gasteiger partial charge in [-0.25, -0.2) is 9.78 Å². The fourth-order valence-electron chi connectivity index (χ4n) is 2.72. The van der Waals surface area contributed by atoms with Gasteiger partial charge in [0, 0.05) is 12.1 Å². The lowest BCUT2D eigenvalue weighted by Gasteiger charge is -2.14. The number of methoxy groups -OCH3 is 1. The maximum absolute atomic E-state index is 12.6. The molecule has 0 fully saturated rings. The second kappa shape index (κ2) is 7.89. The van der Waals surface area contributed by atoms with Crippen molar-refractivity contribution in [1.29, 1.82) is 0 Å². The van der Waals surface area contributed by atoms with Gasteiger partial charge in [-0.2, -0.15) is 0 Å². The minimum Gasteiger partial charge on any atom is -0.465 e. The van der Waals surface area contributed by atoms with Gasteiger partial charge < -0.3 is 4.74 Å². The molecule has 0 aliphatic carbocycles. The normalized spacial score (nSPS) is 13.1. The number of aromatic nitrogens is 1. The van der Waals surface area contributed by atoms with Crippen molar-refractivity contribution < 1.29 is 23.9 Å². The molecule has 9 heteroatoms. The van der Waals surface area contributed by atoms with Crippen molar-refractivity contribution in [3.05, 3.63) is 46.0 Å². The summed E-state index contributed by atoms with van der Waals surface area (Å²) in [7, 11) is 1.26. The molecular weight excluding hydrogens is 382 g/mol. The molecule has 0 atom stereocenters. The Morgan fingerprint density at radius 1 is 1.21 bits per heavy atom. The molecule has 1 aromatic carbocycles. The summed E-state index contributed by atoms with van der Waals surface area (Å²) < 4.78 is 4.60. The maximum Gasteiger partial charge on any atom is 0.349 e. The molecule has 0 saturated heterocycles. The summed E-state index contributed by atoms with van der Waals surface area (Å²) >= 11 is 0.978. The van der Waals surface area contributed by atoms with Crippen molar-refractivity contribution in [1.82, 2.24) is 9.88 Å². The van der Waals surface area contributed by atoms with Crippen LogP contribution in [0.4, 0.5) is 5.13 Å². The number of carbonyl (C=O) groups excluding carboxylic acids is 4. The van der Waals surface area contributed by atoms with Crippen LogP contribution in [-0.4, -0.2) is 47.2 Å². The summed E-state index contributed by atoms with van der Waals surface area (Å²) in [4.78, 5) is 54.4. The van der Waals surface area contributed by atoms with E-state index in [0.29, 0.717) is 24.4 Å². The number of hydrogen-bond donors (Lipinski definition) is 1. The topological polar surface area (TPSA) is 106 Å². The number of esters is 1. The number of nitrogens with zero attached hydrogens (tertiary/aromatic N) is 2. The molecule has 1 N–H and O–H groups in total. The summed E-state index contributed by atoms with van der Waals surface area (Å²) in [5, 5.41) is 2.81. The Balaban J connectivity index is 1.76. The third-order valence-electron chi connectivity index (χ3n) is 4.28. The van der Waals surface area contributed by atoms with Gasteiger partial charge in [0.25, 0.3) is 17.7 Å². The lowest BCUT2D eigenvalue weighted by atomic mass is 10.1. The number of ether oxygens (including phenoxy) is 1. The van der Waals surface area contributed by atoms with E-state index in [2.05, 4.69) is 15.0 Å². The Morgan fingerprint density at radius 2 is 1.93 bits per heavy atom. The zero-order valence-corrected chi connectivity index (χ0v) is 16.5. The van der Waals surface area contributed by atoms with E-state index in [1.54, 1.807) is 0 Å². The Hall–Kier alpha value is -3.07. The van der Waals surface area contributed by atoms with Gasteiger partial charge in [-0.05, 0) is 30.5 Å². The van der Waals surface area contributed by atoms with Crippen LogP contribution in [0.1, 0.15) is 61.0 Å². The molecule has 1 aliphatic heterocycles. The Kier molecular flexibility index (Phi) is 5.55. The summed E-state index contributed by atoms with van der Waals surface area (Å²) in [6.07, 6.45) is 2.02. The zero-order chi connectivity index (χ0) is 20.4. The number of carbonyl (C=O) groups is 4. The van der Waals surface area contributed by atoms with E-state index in [-0.39, 0.29) is 27.0 Å². The molecule has 1 aliphatic rings. The highest BCUT2D eigenvalue weighted by Gasteiger charge is 2.35. The third-order valence-corrected chi connectivity index (χ3v) is 5.17. The predicted octanol–water partition coefficient (Wildman–Crippen LogP) is 2.82. The molecule has 146 valence electrons. The van der Waals surface area contributed by atoms with Gasteiger partial charge in [-0.15, -0.1) is 0 Å². The van der Waals surface area contributed by atoms with Crippen LogP contribution in [0.3, 0.4) is 0 Å². The lowest BCUT2D eigenvalue weighted by molar-refractivity contribution is 0.0602. The first-order chi connectivity index (χ1) is 13.3. The molecule has 0 saturated carbocycles. The number of amides is 3. The van der Waals surface area contributed by atoms with Gasteiger partial charge in [0.2, 0.25) is 0 Å². The number of thiazole rings is 1. The summed E-state index contributed by atoms with van der Waals surface area (Å²) in [6.45, 7) is 4.39. The largest absolute Gasteiger partial charge is 0.465 e. The van der Waals surface area contributed by atoms with Crippen molar-refractivity contribution in [3.8, 4) is 0 Å². The van der Waals surface area contributed by atoms with Gasteiger partial charge in [0.1, 0.15) is 4.88 Å². The average Bonchev–Trinajstić information content (AvgIpc) is 3.23. The van der Waals surface area contributed by atoms with E-state index < -0.39 is 17.8 Å². The fourth-order valence-corrected chi connectivity index (χ4v) is 3.45. The predicted molar refractivity (Wildman–Crippen MR) is 103 cm³/mol. The Bertz CT molecular complexity index is 966. The molecule has 1 aromatic heterocycles. The van der Waals surface area contributed by atoms with E-state index >= 15 is 0 Å². The van der Waals surface area contributed by atoms with E-state index in [0.717, 1.165) is 11.3 Å². The molecular formula is C19H19N3O5S. The van der Waals surface area contributed by atoms with E-state index in [1.165, 1.54) is 36.4 Å². The number of rotatable bonds is 6. The number of fused-ring (bicyclic) bond motifs is 1. The summed E-state index contributed by atoms with van der Waals surface area (Å²) in [5.41, 5.74) is 0.740. The highest BCUT2D eigenvalue weighted by Crippen LogP contribution is 2.26. The molecule has 3 amide bonds. The van der Waals surface area contributed by atoms with Crippen LogP contribution in [0.2, 0.25) is 0 Å². The second-order valence-electron chi connectivity index (χ2n) is 6.68. The third kappa shape index (κ3) is 3.79. The van der Waals surface area contributed by atoms with Crippen LogP contribution in [0.5, 0.6) is 0 Å². The number of anilines is 1. The smallest absolute Gasteiger partial charge is 0.349 e. The van der Waals surface area contributed by atoms with E-state index in [1.807, 2.05) is 13.8 Å². The monoisotopic (exact) mass is 401 g/mol. The van der Waals surface area contributed by atoms with Crippen molar-refractivity contribution in [2.24, 2.45) is 5.92 Å². The maximum atomic E-state index is 12.6. The number of nitrogens with one attached hydrogen (secondary N) is 1. The van der Waals surface area contributed by atoms with Crippen LogP contribution >= 0.6 is 11.3 Å². The van der Waals surface area contributed by atoms with Crippen LogP contribution < -0.4 is 5.32 Å². The molecule has 2 heterocycles. The van der Waals surface area contributed by atoms with Gasteiger partial charge in [0.15, 0.2) is 5.13 Å². The number of imide groups is 1. The van der Waals surface area contributed by atoms with Crippen molar-refractivity contribution in [2.45, 2.75) is 20.3 Å². The molecule has 0 radical (unpaired) electrons. The first-order valence-corrected chi connectivity index (χ1v) is 9.49. The van der Waals surface area contributed by atoms with Crippen LogP contribution in [0.15, 0.2) is 24.4 Å². The van der Waals surface area contributed by atoms with E-state index in [4.69, 9.17) is 0 Å². The average molecular weight is 401 g/mol. The van der Waals surface area contributed by atoms with Gasteiger partial charge in [-0.1, -0.05) is 25.2 Å². The highest BCUT2D eigenvalue weighted by atomic mass is 32.1. The van der Waals surface area contributed by atoms with Crippen LogP contribution in [-0.2, 0) is 4.74 Å². The number of hydrogen-bond acceptors (Lipinski definition) is 7. The Morgan fingerprint density at radius 3 is 2.61 bits per heavy atom. The summed E-state index contributed by atoms with van der Waals surface area (Å²) in [5.74, 6) is -1.40. The molecule has 0 unspecified atom stereocenters. The SMILES string of the molecule is COC(=O)c1cnc(NC(=O)c2ccc3c(c2)C(=O)N(CCC(C)C)C3=O)s1. The second-order valence-corrected chi connectivity index (χ2v) is 7.71. The molecule has 2 aromatic rings. The quantitative estimate of drug-likeness (QED) is 0.589.